The number of H-pyrrole nitrogens is 1. The molecule has 1 heterocycles. The monoisotopic (exact) mass is 282 g/mol. The van der Waals surface area contributed by atoms with Crippen molar-refractivity contribution in [1.29, 1.82) is 0 Å². The van der Waals surface area contributed by atoms with Gasteiger partial charge in [0, 0.05) is 22.7 Å². The average Bonchev–Trinajstić information content (AvgIpc) is 2.90. The van der Waals surface area contributed by atoms with Crippen LogP contribution < -0.4 is 4.72 Å². The van der Waals surface area contributed by atoms with Crippen LogP contribution in [-0.4, -0.2) is 10.9 Å². The van der Waals surface area contributed by atoms with E-state index in [2.05, 4.69) is 22.7 Å². The number of fused-ring (bicyclic) bond motifs is 1. The quantitative estimate of drug-likeness (QED) is 0.715. The molecule has 0 saturated carbocycles. The second-order valence-corrected chi connectivity index (χ2v) is 5.40. The number of hydrogen-bond acceptors (Lipinski definition) is 2. The fraction of sp³-hybridized carbons (Fsp3) is 0.0625. The summed E-state index contributed by atoms with van der Waals surface area (Å²) in [6, 6.07) is 15.3. The Morgan fingerprint density at radius 2 is 1.90 bits per heavy atom. The number of aromatic amines is 1. The van der Waals surface area contributed by atoms with E-state index < -0.39 is 0 Å². The summed E-state index contributed by atoms with van der Waals surface area (Å²) < 4.78 is 2.88. The van der Waals surface area contributed by atoms with Crippen molar-refractivity contribution >= 4 is 28.8 Å². The van der Waals surface area contributed by atoms with Crippen molar-refractivity contribution in [3.8, 4) is 0 Å². The summed E-state index contributed by atoms with van der Waals surface area (Å²) in [5.41, 5.74) is 2.94. The van der Waals surface area contributed by atoms with Crippen molar-refractivity contribution in [3.05, 3.63) is 65.9 Å². The first-order valence-corrected chi connectivity index (χ1v) is 7.16. The third-order valence-corrected chi connectivity index (χ3v) is 4.00. The number of nitrogens with one attached hydrogen (secondary N) is 2. The van der Waals surface area contributed by atoms with Gasteiger partial charge in [-0.15, -0.1) is 0 Å². The minimum absolute atomic E-state index is 0.0847. The lowest BCUT2D eigenvalue weighted by Crippen LogP contribution is -2.15. The second-order valence-electron chi connectivity index (χ2n) is 4.55. The van der Waals surface area contributed by atoms with Crippen molar-refractivity contribution in [2.75, 3.05) is 0 Å². The number of carbonyl (C=O) groups excluding carboxylic acids is 1. The van der Waals surface area contributed by atoms with E-state index in [-0.39, 0.29) is 5.91 Å². The Bertz CT molecular complexity index is 750. The van der Waals surface area contributed by atoms with Crippen LogP contribution >= 0.6 is 11.9 Å². The number of benzene rings is 2. The molecule has 0 saturated heterocycles. The highest BCUT2D eigenvalue weighted by atomic mass is 32.2. The van der Waals surface area contributed by atoms with E-state index >= 15 is 0 Å². The minimum Gasteiger partial charge on any atom is -0.360 e. The van der Waals surface area contributed by atoms with E-state index in [1.165, 1.54) is 17.5 Å². The van der Waals surface area contributed by atoms with Gasteiger partial charge >= 0.3 is 0 Å². The van der Waals surface area contributed by atoms with Gasteiger partial charge in [-0.2, -0.15) is 0 Å². The Kier molecular flexibility index (Phi) is 3.48. The van der Waals surface area contributed by atoms with Crippen LogP contribution in [0.5, 0.6) is 0 Å². The van der Waals surface area contributed by atoms with Gasteiger partial charge in [0.15, 0.2) is 0 Å². The second kappa shape index (κ2) is 5.43. The number of aryl methyl sites for hydroxylation is 1. The molecule has 0 unspecified atom stereocenters. The maximum atomic E-state index is 12.0. The Labute approximate surface area is 121 Å². The predicted octanol–water partition coefficient (Wildman–Crippen LogP) is 3.91. The van der Waals surface area contributed by atoms with Crippen LogP contribution in [0.15, 0.2) is 59.6 Å². The average molecular weight is 282 g/mol. The van der Waals surface area contributed by atoms with Gasteiger partial charge < -0.3 is 4.98 Å². The first-order chi connectivity index (χ1) is 9.75. The Hall–Kier alpha value is -2.20. The molecule has 0 fully saturated rings. The Morgan fingerprint density at radius 1 is 1.10 bits per heavy atom. The lowest BCUT2D eigenvalue weighted by atomic mass is 10.1. The van der Waals surface area contributed by atoms with Crippen molar-refractivity contribution in [2.45, 2.75) is 11.8 Å². The normalized spacial score (nSPS) is 10.7. The molecule has 0 radical (unpaired) electrons. The maximum Gasteiger partial charge on any atom is 0.261 e. The first kappa shape index (κ1) is 12.8. The molecule has 3 nitrogen and oxygen atoms in total. The largest absolute Gasteiger partial charge is 0.360 e. The van der Waals surface area contributed by atoms with Crippen molar-refractivity contribution in [2.24, 2.45) is 0 Å². The topological polar surface area (TPSA) is 44.9 Å². The van der Waals surface area contributed by atoms with Gasteiger partial charge in [-0.25, -0.2) is 0 Å². The smallest absolute Gasteiger partial charge is 0.261 e. The predicted molar refractivity (Wildman–Crippen MR) is 82.8 cm³/mol. The molecule has 100 valence electrons. The number of aromatic nitrogens is 1. The van der Waals surface area contributed by atoms with Crippen molar-refractivity contribution in [1.82, 2.24) is 9.71 Å². The van der Waals surface area contributed by atoms with E-state index in [0.29, 0.717) is 5.56 Å². The van der Waals surface area contributed by atoms with E-state index in [1.54, 1.807) is 12.1 Å². The number of rotatable bonds is 3. The standard InChI is InChI=1S/C16H14N2OS/c1-11-6-5-9-13-15(11)14(10-17-13)20-18-16(19)12-7-3-2-4-8-12/h2-10,17H,1H3,(H,18,19). The van der Waals surface area contributed by atoms with Gasteiger partial charge in [0.05, 0.1) is 4.90 Å². The van der Waals surface area contributed by atoms with Crippen LogP contribution in [0.3, 0.4) is 0 Å². The van der Waals surface area contributed by atoms with Gasteiger partial charge in [-0.1, -0.05) is 30.3 Å². The summed E-state index contributed by atoms with van der Waals surface area (Å²) >= 11 is 1.34. The zero-order chi connectivity index (χ0) is 13.9. The number of carbonyl (C=O) groups is 1. The SMILES string of the molecule is Cc1cccc2[nH]cc(SNC(=O)c3ccccc3)c12. The zero-order valence-corrected chi connectivity index (χ0v) is 11.8. The fourth-order valence-electron chi connectivity index (χ4n) is 2.16. The minimum atomic E-state index is -0.0847. The molecular formula is C16H14N2OS. The van der Waals surface area contributed by atoms with Crippen LogP contribution in [0.2, 0.25) is 0 Å². The van der Waals surface area contributed by atoms with E-state index in [4.69, 9.17) is 0 Å². The number of amides is 1. The maximum absolute atomic E-state index is 12.0. The van der Waals surface area contributed by atoms with Gasteiger partial charge in [0.2, 0.25) is 0 Å². The van der Waals surface area contributed by atoms with E-state index in [0.717, 1.165) is 15.8 Å². The lowest BCUT2D eigenvalue weighted by Gasteiger charge is -2.04. The van der Waals surface area contributed by atoms with Crippen LogP contribution in [-0.2, 0) is 0 Å². The first-order valence-electron chi connectivity index (χ1n) is 6.34. The summed E-state index contributed by atoms with van der Waals surface area (Å²) in [6.45, 7) is 2.07. The number of hydrogen-bond donors (Lipinski definition) is 2. The molecular weight excluding hydrogens is 268 g/mol. The van der Waals surface area contributed by atoms with Crippen molar-refractivity contribution < 1.29 is 4.79 Å². The Morgan fingerprint density at radius 3 is 2.70 bits per heavy atom. The third-order valence-electron chi connectivity index (χ3n) is 3.17. The molecule has 20 heavy (non-hydrogen) atoms. The summed E-state index contributed by atoms with van der Waals surface area (Å²) in [5, 5.41) is 1.16. The summed E-state index contributed by atoms with van der Waals surface area (Å²) in [4.78, 5) is 16.3. The Balaban J connectivity index is 1.79. The molecule has 4 heteroatoms. The fourth-order valence-corrected chi connectivity index (χ4v) is 2.97. The molecule has 0 spiro atoms. The van der Waals surface area contributed by atoms with E-state index in [1.807, 2.05) is 36.5 Å². The molecule has 3 rings (SSSR count). The third kappa shape index (κ3) is 2.42. The molecule has 0 aliphatic heterocycles. The highest BCUT2D eigenvalue weighted by Crippen LogP contribution is 2.28. The van der Waals surface area contributed by atoms with Crippen molar-refractivity contribution in [3.63, 3.8) is 0 Å². The van der Waals surface area contributed by atoms with Gasteiger partial charge in [-0.05, 0) is 42.6 Å². The molecule has 0 aliphatic rings. The molecule has 2 N–H and O–H groups in total. The molecule has 0 aliphatic carbocycles. The summed E-state index contributed by atoms with van der Waals surface area (Å²) in [7, 11) is 0. The molecule has 0 atom stereocenters. The molecule has 1 aromatic heterocycles. The van der Waals surface area contributed by atoms with Crippen LogP contribution in [0.4, 0.5) is 0 Å². The van der Waals surface area contributed by atoms with Crippen LogP contribution in [0.25, 0.3) is 10.9 Å². The summed E-state index contributed by atoms with van der Waals surface area (Å²) in [6.07, 6.45) is 1.92. The van der Waals surface area contributed by atoms with E-state index in [9.17, 15) is 4.79 Å². The highest BCUT2D eigenvalue weighted by molar-refractivity contribution is 7.98. The van der Waals surface area contributed by atoms with Gasteiger partial charge in [-0.3, -0.25) is 9.52 Å². The zero-order valence-electron chi connectivity index (χ0n) is 11.0. The van der Waals surface area contributed by atoms with Gasteiger partial charge in [0.25, 0.3) is 5.91 Å². The molecule has 3 aromatic rings. The lowest BCUT2D eigenvalue weighted by molar-refractivity contribution is 0.0984. The highest BCUT2D eigenvalue weighted by Gasteiger charge is 2.09. The molecule has 2 aromatic carbocycles. The van der Waals surface area contributed by atoms with Gasteiger partial charge in [0.1, 0.15) is 0 Å². The van der Waals surface area contributed by atoms with Crippen LogP contribution in [0, 0.1) is 6.92 Å². The van der Waals surface area contributed by atoms with Crippen LogP contribution in [0.1, 0.15) is 15.9 Å². The molecule has 1 amide bonds. The molecule has 0 bridgehead atoms. The summed E-state index contributed by atoms with van der Waals surface area (Å²) in [5.74, 6) is -0.0847.